The fourth-order valence-electron chi connectivity index (χ4n) is 3.32. The lowest BCUT2D eigenvalue weighted by atomic mass is 10.0. The van der Waals surface area contributed by atoms with E-state index in [4.69, 9.17) is 15.1 Å². The number of nitrogens with zero attached hydrogens (tertiary/aromatic N) is 3. The van der Waals surface area contributed by atoms with Crippen molar-refractivity contribution in [3.05, 3.63) is 41.1 Å². The largest absolute Gasteiger partial charge is 0.481 e. The van der Waals surface area contributed by atoms with Gasteiger partial charge in [-0.15, -0.1) is 0 Å². The molecule has 1 aliphatic carbocycles. The number of benzene rings is 1. The summed E-state index contributed by atoms with van der Waals surface area (Å²) in [6.45, 7) is 2.05. The number of hydrogen-bond donors (Lipinski definition) is 1. The average molecular weight is 309 g/mol. The third kappa shape index (κ3) is 2.67. The van der Waals surface area contributed by atoms with E-state index in [1.54, 1.807) is 0 Å². The Morgan fingerprint density at radius 2 is 2.04 bits per heavy atom. The van der Waals surface area contributed by atoms with Gasteiger partial charge in [0, 0.05) is 29.9 Å². The molecule has 1 aromatic carbocycles. The Kier molecular flexibility index (Phi) is 3.48. The van der Waals surface area contributed by atoms with Crippen molar-refractivity contribution in [1.82, 2.24) is 9.97 Å². The van der Waals surface area contributed by atoms with Crippen LogP contribution in [0.2, 0.25) is 0 Å². The SMILES string of the molecule is O=C(O)Cc1cccc(-c2nc(N3CCC3)nc3c2CCC3)c1. The van der Waals surface area contributed by atoms with Gasteiger partial charge in [0.05, 0.1) is 12.1 Å². The van der Waals surface area contributed by atoms with E-state index < -0.39 is 5.97 Å². The minimum Gasteiger partial charge on any atom is -0.481 e. The molecule has 23 heavy (non-hydrogen) atoms. The van der Waals surface area contributed by atoms with Crippen molar-refractivity contribution in [3.63, 3.8) is 0 Å². The summed E-state index contributed by atoms with van der Waals surface area (Å²) in [5.74, 6) is 0.0203. The Labute approximate surface area is 135 Å². The molecule has 0 radical (unpaired) electrons. The number of aromatic nitrogens is 2. The number of aryl methyl sites for hydroxylation is 1. The lowest BCUT2D eigenvalue weighted by molar-refractivity contribution is -0.136. The smallest absolute Gasteiger partial charge is 0.307 e. The van der Waals surface area contributed by atoms with E-state index >= 15 is 0 Å². The molecule has 5 heteroatoms. The van der Waals surface area contributed by atoms with Gasteiger partial charge in [0.2, 0.25) is 5.95 Å². The van der Waals surface area contributed by atoms with Gasteiger partial charge in [0.15, 0.2) is 0 Å². The number of hydrogen-bond acceptors (Lipinski definition) is 4. The summed E-state index contributed by atoms with van der Waals surface area (Å²) in [5, 5.41) is 9.01. The van der Waals surface area contributed by atoms with Gasteiger partial charge < -0.3 is 10.0 Å². The van der Waals surface area contributed by atoms with Gasteiger partial charge in [0.25, 0.3) is 0 Å². The van der Waals surface area contributed by atoms with Gasteiger partial charge in [-0.25, -0.2) is 9.97 Å². The number of carboxylic acid groups (broad SMARTS) is 1. The van der Waals surface area contributed by atoms with Crippen LogP contribution in [-0.4, -0.2) is 34.1 Å². The molecule has 0 bridgehead atoms. The van der Waals surface area contributed by atoms with Crippen LogP contribution in [0.1, 0.15) is 29.7 Å². The highest BCUT2D eigenvalue weighted by atomic mass is 16.4. The van der Waals surface area contributed by atoms with Crippen LogP contribution in [0.4, 0.5) is 5.95 Å². The van der Waals surface area contributed by atoms with Gasteiger partial charge in [-0.1, -0.05) is 18.2 Å². The highest BCUT2D eigenvalue weighted by Gasteiger charge is 2.24. The normalized spacial score (nSPS) is 16.1. The quantitative estimate of drug-likeness (QED) is 0.940. The van der Waals surface area contributed by atoms with Crippen LogP contribution >= 0.6 is 0 Å². The van der Waals surface area contributed by atoms with E-state index in [1.807, 2.05) is 24.3 Å². The minimum atomic E-state index is -0.809. The van der Waals surface area contributed by atoms with Gasteiger partial charge in [-0.05, 0) is 37.3 Å². The van der Waals surface area contributed by atoms with Crippen molar-refractivity contribution >= 4 is 11.9 Å². The monoisotopic (exact) mass is 309 g/mol. The van der Waals surface area contributed by atoms with E-state index in [1.165, 1.54) is 17.7 Å². The van der Waals surface area contributed by atoms with Crippen molar-refractivity contribution in [1.29, 1.82) is 0 Å². The second-order valence-corrected chi connectivity index (χ2v) is 6.26. The van der Waals surface area contributed by atoms with Crippen LogP contribution in [-0.2, 0) is 24.1 Å². The summed E-state index contributed by atoms with van der Waals surface area (Å²) < 4.78 is 0. The van der Waals surface area contributed by atoms with Crippen LogP contribution in [0.3, 0.4) is 0 Å². The van der Waals surface area contributed by atoms with Crippen molar-refractivity contribution in [3.8, 4) is 11.3 Å². The molecule has 1 aliphatic heterocycles. The maximum atomic E-state index is 11.0. The molecule has 0 atom stereocenters. The molecule has 4 rings (SSSR count). The number of anilines is 1. The Balaban J connectivity index is 1.78. The second kappa shape index (κ2) is 5.65. The molecular formula is C18H19N3O2. The first-order valence-corrected chi connectivity index (χ1v) is 8.16. The topological polar surface area (TPSA) is 66.3 Å². The van der Waals surface area contributed by atoms with Crippen LogP contribution in [0.5, 0.6) is 0 Å². The van der Waals surface area contributed by atoms with Crippen molar-refractivity contribution in [2.75, 3.05) is 18.0 Å². The van der Waals surface area contributed by atoms with Crippen molar-refractivity contribution in [2.24, 2.45) is 0 Å². The molecule has 2 aliphatic rings. The third-order valence-electron chi connectivity index (χ3n) is 4.62. The van der Waals surface area contributed by atoms with E-state index in [-0.39, 0.29) is 6.42 Å². The van der Waals surface area contributed by atoms with Gasteiger partial charge in [-0.2, -0.15) is 0 Å². The predicted molar refractivity (Wildman–Crippen MR) is 87.7 cm³/mol. The van der Waals surface area contributed by atoms with Gasteiger partial charge in [-0.3, -0.25) is 4.79 Å². The molecule has 0 spiro atoms. The summed E-state index contributed by atoms with van der Waals surface area (Å²) in [6, 6.07) is 7.75. The lowest BCUT2D eigenvalue weighted by Gasteiger charge is -2.31. The number of aliphatic carboxylic acids is 1. The molecule has 0 unspecified atom stereocenters. The van der Waals surface area contributed by atoms with E-state index in [2.05, 4.69) is 4.90 Å². The number of carboxylic acids is 1. The fourth-order valence-corrected chi connectivity index (χ4v) is 3.32. The minimum absolute atomic E-state index is 0.0418. The first-order valence-electron chi connectivity index (χ1n) is 8.16. The maximum Gasteiger partial charge on any atom is 0.307 e. The number of rotatable bonds is 4. The summed E-state index contributed by atoms with van der Waals surface area (Å²) in [6.07, 6.45) is 4.38. The zero-order valence-electron chi connectivity index (χ0n) is 13.0. The molecule has 2 heterocycles. The lowest BCUT2D eigenvalue weighted by Crippen LogP contribution is -2.38. The highest BCUT2D eigenvalue weighted by molar-refractivity contribution is 5.72. The van der Waals surface area contributed by atoms with Crippen LogP contribution in [0.15, 0.2) is 24.3 Å². The van der Waals surface area contributed by atoms with E-state index in [0.29, 0.717) is 0 Å². The molecule has 0 saturated carbocycles. The van der Waals surface area contributed by atoms with Gasteiger partial charge in [0.1, 0.15) is 0 Å². The molecular weight excluding hydrogens is 290 g/mol. The zero-order valence-corrected chi connectivity index (χ0v) is 13.0. The number of carbonyl (C=O) groups is 1. The standard InChI is InChI=1S/C18H19N3O2/c22-16(23)11-12-4-1-5-13(10-12)17-14-6-2-7-15(14)19-18(20-17)21-8-3-9-21/h1,4-5,10H,2-3,6-9,11H2,(H,22,23). The van der Waals surface area contributed by atoms with Crippen molar-refractivity contribution in [2.45, 2.75) is 32.1 Å². The van der Waals surface area contributed by atoms with Crippen LogP contribution in [0, 0.1) is 0 Å². The Morgan fingerprint density at radius 3 is 2.78 bits per heavy atom. The Hall–Kier alpha value is -2.43. The summed E-state index contributed by atoms with van der Waals surface area (Å²) in [4.78, 5) is 22.8. The summed E-state index contributed by atoms with van der Waals surface area (Å²) in [7, 11) is 0. The molecule has 0 amide bonds. The first-order chi connectivity index (χ1) is 11.2. The highest BCUT2D eigenvalue weighted by Crippen LogP contribution is 2.33. The molecule has 5 nitrogen and oxygen atoms in total. The molecule has 2 aromatic rings. The molecule has 1 aromatic heterocycles. The Bertz CT molecular complexity index is 769. The third-order valence-corrected chi connectivity index (χ3v) is 4.62. The van der Waals surface area contributed by atoms with Crippen molar-refractivity contribution < 1.29 is 9.90 Å². The van der Waals surface area contributed by atoms with E-state index in [0.717, 1.165) is 55.1 Å². The number of fused-ring (bicyclic) bond motifs is 1. The fraction of sp³-hybridized carbons (Fsp3) is 0.389. The average Bonchev–Trinajstić information content (AvgIpc) is 2.92. The van der Waals surface area contributed by atoms with Gasteiger partial charge >= 0.3 is 5.97 Å². The zero-order chi connectivity index (χ0) is 15.8. The molecule has 118 valence electrons. The van der Waals surface area contributed by atoms with Crippen LogP contribution < -0.4 is 4.90 Å². The second-order valence-electron chi connectivity index (χ2n) is 6.26. The summed E-state index contributed by atoms with van der Waals surface area (Å²) in [5.41, 5.74) is 5.21. The first kappa shape index (κ1) is 14.2. The molecule has 1 N–H and O–H groups in total. The maximum absolute atomic E-state index is 11.0. The molecule has 1 saturated heterocycles. The predicted octanol–water partition coefficient (Wildman–Crippen LogP) is 2.47. The summed E-state index contributed by atoms with van der Waals surface area (Å²) >= 11 is 0. The van der Waals surface area contributed by atoms with E-state index in [9.17, 15) is 4.79 Å². The van der Waals surface area contributed by atoms with Crippen LogP contribution in [0.25, 0.3) is 11.3 Å². The molecule has 1 fully saturated rings. The Morgan fingerprint density at radius 1 is 1.17 bits per heavy atom.